The molecule has 0 amide bonds. The smallest absolute Gasteiger partial charge is 0.296 e. The molecule has 0 atom stereocenters. The van der Waals surface area contributed by atoms with Crippen LogP contribution in [0.5, 0.6) is 11.5 Å². The summed E-state index contributed by atoms with van der Waals surface area (Å²) in [6, 6.07) is 8.33. The average Bonchev–Trinajstić information content (AvgIpc) is 2.49. The molecule has 0 radical (unpaired) electrons. The Hall–Kier alpha value is -2.53. The minimum atomic E-state index is -4.60. The van der Waals surface area contributed by atoms with Gasteiger partial charge in [-0.05, 0) is 30.3 Å². The van der Waals surface area contributed by atoms with Crippen LogP contribution >= 0.6 is 23.2 Å². The van der Waals surface area contributed by atoms with Gasteiger partial charge in [0.15, 0.2) is 11.7 Å². The maximum Gasteiger partial charge on any atom is 0.296 e. The molecule has 0 aromatic heterocycles. The standard InChI is InChI=1S/C14H13Cl2N5O4S/c15-7-1-3-8(4-2-7)25-11-6-12(26(22,23)24)9(16)5-10(11)20-14(19)21-13(17)18/h1-6H,(H,22,23,24)(H6,17,18,19,20,21). The van der Waals surface area contributed by atoms with Crippen LogP contribution in [0.3, 0.4) is 0 Å². The summed E-state index contributed by atoms with van der Waals surface area (Å²) in [5, 5.41) is 0.175. The van der Waals surface area contributed by atoms with Gasteiger partial charge in [-0.25, -0.2) is 4.99 Å². The Morgan fingerprint density at radius 1 is 1.08 bits per heavy atom. The number of halogens is 2. The highest BCUT2D eigenvalue weighted by molar-refractivity contribution is 7.86. The van der Waals surface area contributed by atoms with Crippen molar-refractivity contribution in [1.82, 2.24) is 0 Å². The van der Waals surface area contributed by atoms with Gasteiger partial charge in [0.25, 0.3) is 10.1 Å². The summed E-state index contributed by atoms with van der Waals surface area (Å²) < 4.78 is 37.8. The van der Waals surface area contributed by atoms with Gasteiger partial charge in [-0.15, -0.1) is 0 Å². The monoisotopic (exact) mass is 417 g/mol. The number of nitrogens with zero attached hydrogens (tertiary/aromatic N) is 2. The number of benzene rings is 2. The minimum absolute atomic E-state index is 0.0276. The van der Waals surface area contributed by atoms with Crippen molar-refractivity contribution in [2.75, 3.05) is 0 Å². The van der Waals surface area contributed by atoms with E-state index in [-0.39, 0.29) is 28.4 Å². The van der Waals surface area contributed by atoms with Crippen molar-refractivity contribution in [2.45, 2.75) is 4.90 Å². The lowest BCUT2D eigenvalue weighted by Gasteiger charge is -2.11. The van der Waals surface area contributed by atoms with Gasteiger partial charge in [-0.1, -0.05) is 23.2 Å². The first-order chi connectivity index (χ1) is 12.1. The fourth-order valence-corrected chi connectivity index (χ4v) is 2.94. The molecule has 138 valence electrons. The van der Waals surface area contributed by atoms with Gasteiger partial charge in [-0.2, -0.15) is 13.4 Å². The Morgan fingerprint density at radius 3 is 2.23 bits per heavy atom. The molecule has 2 rings (SSSR count). The van der Waals surface area contributed by atoms with E-state index in [9.17, 15) is 13.0 Å². The molecule has 0 saturated heterocycles. The fraction of sp³-hybridized carbons (Fsp3) is 0. The summed E-state index contributed by atoms with van der Waals surface area (Å²) in [5.74, 6) is -0.401. The van der Waals surface area contributed by atoms with Crippen molar-refractivity contribution in [3.63, 3.8) is 0 Å². The van der Waals surface area contributed by atoms with Crippen molar-refractivity contribution in [1.29, 1.82) is 0 Å². The number of hydrogen-bond donors (Lipinski definition) is 4. The first-order valence-corrected chi connectivity index (χ1v) is 8.94. The van der Waals surface area contributed by atoms with Gasteiger partial charge in [0.1, 0.15) is 16.3 Å². The number of ether oxygens (including phenoxy) is 1. The first-order valence-electron chi connectivity index (χ1n) is 6.74. The Balaban J connectivity index is 2.60. The molecular weight excluding hydrogens is 405 g/mol. The third kappa shape index (κ3) is 5.23. The molecule has 0 spiro atoms. The Labute approximate surface area is 158 Å². The molecular formula is C14H13Cl2N5O4S. The molecule has 0 aliphatic rings. The maximum atomic E-state index is 11.5. The van der Waals surface area contributed by atoms with Gasteiger partial charge in [0.2, 0.25) is 5.96 Å². The zero-order valence-corrected chi connectivity index (χ0v) is 15.3. The molecule has 7 N–H and O–H groups in total. The highest BCUT2D eigenvalue weighted by Gasteiger charge is 2.19. The molecule has 0 unspecified atom stereocenters. The predicted molar refractivity (Wildman–Crippen MR) is 99.9 cm³/mol. The van der Waals surface area contributed by atoms with Crippen LogP contribution in [0, 0.1) is 0 Å². The summed E-state index contributed by atoms with van der Waals surface area (Å²) in [4.78, 5) is 6.91. The average molecular weight is 418 g/mol. The van der Waals surface area contributed by atoms with Gasteiger partial charge in [-0.3, -0.25) is 4.55 Å². The topological polar surface area (TPSA) is 166 Å². The molecule has 26 heavy (non-hydrogen) atoms. The van der Waals surface area contributed by atoms with Crippen LogP contribution in [0.2, 0.25) is 10.0 Å². The van der Waals surface area contributed by atoms with Gasteiger partial charge in [0.05, 0.1) is 5.02 Å². The second-order valence-electron chi connectivity index (χ2n) is 4.79. The zero-order chi connectivity index (χ0) is 19.5. The van der Waals surface area contributed by atoms with Crippen LogP contribution in [0.15, 0.2) is 51.3 Å². The second-order valence-corrected chi connectivity index (χ2v) is 7.02. The summed E-state index contributed by atoms with van der Waals surface area (Å²) in [6.45, 7) is 0. The summed E-state index contributed by atoms with van der Waals surface area (Å²) in [6.07, 6.45) is 0. The van der Waals surface area contributed by atoms with Crippen LogP contribution in [-0.2, 0) is 10.1 Å². The maximum absolute atomic E-state index is 11.5. The molecule has 9 nitrogen and oxygen atoms in total. The van der Waals surface area contributed by atoms with Crippen molar-refractivity contribution >= 4 is 50.9 Å². The van der Waals surface area contributed by atoms with Crippen molar-refractivity contribution < 1.29 is 17.7 Å². The minimum Gasteiger partial charge on any atom is -0.455 e. The van der Waals surface area contributed by atoms with E-state index >= 15 is 0 Å². The molecule has 0 saturated carbocycles. The lowest BCUT2D eigenvalue weighted by atomic mass is 10.3. The second kappa shape index (κ2) is 7.79. The Bertz CT molecular complexity index is 987. The van der Waals surface area contributed by atoms with Crippen molar-refractivity contribution in [3.05, 3.63) is 46.4 Å². The van der Waals surface area contributed by atoms with E-state index in [2.05, 4.69) is 9.98 Å². The number of guanidine groups is 2. The molecule has 2 aromatic rings. The quantitative estimate of drug-likeness (QED) is 0.336. The Morgan fingerprint density at radius 2 is 1.69 bits per heavy atom. The largest absolute Gasteiger partial charge is 0.455 e. The molecule has 0 fully saturated rings. The summed E-state index contributed by atoms with van der Waals surface area (Å²) >= 11 is 11.7. The van der Waals surface area contributed by atoms with Crippen LogP contribution in [0.1, 0.15) is 0 Å². The normalized spacial score (nSPS) is 11.9. The lowest BCUT2D eigenvalue weighted by molar-refractivity contribution is 0.472. The molecule has 12 heteroatoms. The van der Waals surface area contributed by atoms with E-state index in [1.54, 1.807) is 12.1 Å². The highest BCUT2D eigenvalue weighted by Crippen LogP contribution is 2.38. The third-order valence-electron chi connectivity index (χ3n) is 2.81. The van der Waals surface area contributed by atoms with Crippen LogP contribution in [0.25, 0.3) is 0 Å². The van der Waals surface area contributed by atoms with E-state index in [0.29, 0.717) is 10.8 Å². The van der Waals surface area contributed by atoms with Crippen LogP contribution < -0.4 is 21.9 Å². The molecule has 0 aliphatic carbocycles. The van der Waals surface area contributed by atoms with Gasteiger partial charge in [0, 0.05) is 11.1 Å². The van der Waals surface area contributed by atoms with E-state index in [1.807, 2.05) is 0 Å². The van der Waals surface area contributed by atoms with Crippen molar-refractivity contribution in [2.24, 2.45) is 27.2 Å². The lowest BCUT2D eigenvalue weighted by Crippen LogP contribution is -2.26. The highest BCUT2D eigenvalue weighted by atomic mass is 35.5. The SMILES string of the molecule is NC(N)=NC(N)=Nc1cc(Cl)c(S(=O)(=O)O)cc1Oc1ccc(Cl)cc1. The zero-order valence-electron chi connectivity index (χ0n) is 12.9. The van der Waals surface area contributed by atoms with E-state index < -0.39 is 15.0 Å². The predicted octanol–water partition coefficient (Wildman–Crippen LogP) is 2.25. The molecule has 0 heterocycles. The third-order valence-corrected chi connectivity index (χ3v) is 4.38. The molecule has 0 bridgehead atoms. The summed E-state index contributed by atoms with van der Waals surface area (Å²) in [5.41, 5.74) is 16.0. The number of rotatable bonds is 4. The summed E-state index contributed by atoms with van der Waals surface area (Å²) in [7, 11) is -4.60. The van der Waals surface area contributed by atoms with E-state index in [1.165, 1.54) is 12.1 Å². The van der Waals surface area contributed by atoms with E-state index in [4.69, 9.17) is 45.1 Å². The number of hydrogen-bond acceptors (Lipinski definition) is 4. The number of nitrogens with two attached hydrogens (primary N) is 3. The van der Waals surface area contributed by atoms with Crippen LogP contribution in [-0.4, -0.2) is 24.9 Å². The molecule has 0 aliphatic heterocycles. The fourth-order valence-electron chi connectivity index (χ4n) is 1.80. The first kappa shape index (κ1) is 19.8. The van der Waals surface area contributed by atoms with E-state index in [0.717, 1.165) is 12.1 Å². The van der Waals surface area contributed by atoms with Crippen molar-refractivity contribution in [3.8, 4) is 11.5 Å². The molecule has 2 aromatic carbocycles. The Kier molecular flexibility index (Phi) is 5.93. The number of aliphatic imine (C=N–C) groups is 2. The van der Waals surface area contributed by atoms with Crippen LogP contribution in [0.4, 0.5) is 5.69 Å². The van der Waals surface area contributed by atoms with Gasteiger partial charge >= 0.3 is 0 Å². The van der Waals surface area contributed by atoms with Gasteiger partial charge < -0.3 is 21.9 Å².